The lowest BCUT2D eigenvalue weighted by Gasteiger charge is -2.31. The van der Waals surface area contributed by atoms with Crippen molar-refractivity contribution in [2.45, 2.75) is 257 Å². The van der Waals surface area contributed by atoms with Gasteiger partial charge in [-0.1, -0.05) is 199 Å². The van der Waals surface area contributed by atoms with Crippen LogP contribution in [0.3, 0.4) is 0 Å². The number of unbranched alkanes of at least 4 members (excludes halogenated alkanes) is 30. The van der Waals surface area contributed by atoms with Crippen LogP contribution >= 0.6 is 0 Å². The van der Waals surface area contributed by atoms with Crippen molar-refractivity contribution in [1.29, 1.82) is 0 Å². The van der Waals surface area contributed by atoms with Crippen LogP contribution in [0.1, 0.15) is 245 Å². The SMILES string of the molecule is CCCCCCCCC/C=C\CCCCCCCC(=O)OC(COCCC(C(=O)O)[N+](C)(C)C)COC(=O)CCCCCCCCCCCCCCCCCCCCC. The molecule has 0 aliphatic carbocycles. The Morgan fingerprint density at radius 3 is 1.22 bits per heavy atom. The van der Waals surface area contributed by atoms with Gasteiger partial charge in [-0.05, 0) is 38.5 Å². The van der Waals surface area contributed by atoms with E-state index in [9.17, 15) is 19.5 Å². The largest absolute Gasteiger partial charge is 0.477 e. The van der Waals surface area contributed by atoms with Crippen molar-refractivity contribution in [3.8, 4) is 0 Å². The predicted molar refractivity (Wildman–Crippen MR) is 248 cm³/mol. The van der Waals surface area contributed by atoms with E-state index in [2.05, 4.69) is 26.0 Å². The number of hydrogen-bond acceptors (Lipinski definition) is 6. The van der Waals surface area contributed by atoms with Crippen molar-refractivity contribution in [2.24, 2.45) is 0 Å². The van der Waals surface area contributed by atoms with E-state index in [-0.39, 0.29) is 36.2 Å². The van der Waals surface area contributed by atoms with E-state index in [1.54, 1.807) is 0 Å². The number of carbonyl (C=O) groups excluding carboxylic acids is 2. The molecular formula is C51H98NO7+. The minimum absolute atomic E-state index is 0.0478. The van der Waals surface area contributed by atoms with Gasteiger partial charge in [-0.2, -0.15) is 0 Å². The van der Waals surface area contributed by atoms with Crippen LogP contribution in [0.5, 0.6) is 0 Å². The lowest BCUT2D eigenvalue weighted by molar-refractivity contribution is -0.887. The van der Waals surface area contributed by atoms with Gasteiger partial charge in [-0.25, -0.2) is 4.79 Å². The van der Waals surface area contributed by atoms with E-state index in [0.29, 0.717) is 19.3 Å². The smallest absolute Gasteiger partial charge is 0.362 e. The highest BCUT2D eigenvalue weighted by Gasteiger charge is 2.31. The van der Waals surface area contributed by atoms with Gasteiger partial charge >= 0.3 is 17.9 Å². The summed E-state index contributed by atoms with van der Waals surface area (Å²) >= 11 is 0. The molecule has 0 spiro atoms. The normalized spacial score (nSPS) is 12.9. The first kappa shape index (κ1) is 57.1. The van der Waals surface area contributed by atoms with E-state index < -0.39 is 18.1 Å². The van der Waals surface area contributed by atoms with Crippen LogP contribution in [0.15, 0.2) is 12.2 Å². The highest BCUT2D eigenvalue weighted by molar-refractivity contribution is 5.72. The molecule has 0 fully saturated rings. The highest BCUT2D eigenvalue weighted by atomic mass is 16.6. The predicted octanol–water partition coefficient (Wildman–Crippen LogP) is 14.3. The first-order chi connectivity index (χ1) is 28.6. The molecule has 0 aliphatic rings. The number of esters is 2. The van der Waals surface area contributed by atoms with Crippen molar-refractivity contribution >= 4 is 17.9 Å². The van der Waals surface area contributed by atoms with E-state index >= 15 is 0 Å². The molecule has 0 aliphatic heterocycles. The second-order valence-electron chi connectivity index (χ2n) is 18.4. The van der Waals surface area contributed by atoms with Gasteiger partial charge in [0.1, 0.15) is 6.61 Å². The Labute approximate surface area is 365 Å². The first-order valence-corrected chi connectivity index (χ1v) is 25.2. The number of aliphatic carboxylic acids is 1. The minimum atomic E-state index is -0.872. The number of quaternary nitrogens is 1. The Hall–Kier alpha value is -1.93. The molecule has 0 saturated heterocycles. The van der Waals surface area contributed by atoms with Crippen LogP contribution in [0.2, 0.25) is 0 Å². The summed E-state index contributed by atoms with van der Waals surface area (Å²) in [6.45, 7) is 4.77. The number of hydrogen-bond donors (Lipinski definition) is 1. The number of carbonyl (C=O) groups is 3. The zero-order chi connectivity index (χ0) is 43.5. The quantitative estimate of drug-likeness (QED) is 0.0282. The van der Waals surface area contributed by atoms with Crippen LogP contribution in [0.4, 0.5) is 0 Å². The molecule has 0 aromatic carbocycles. The highest BCUT2D eigenvalue weighted by Crippen LogP contribution is 2.16. The summed E-state index contributed by atoms with van der Waals surface area (Å²) in [4.78, 5) is 37.1. The summed E-state index contributed by atoms with van der Waals surface area (Å²) in [6.07, 6.45) is 46.8. The molecule has 0 saturated carbocycles. The molecular weight excluding hydrogens is 739 g/mol. The topological polar surface area (TPSA) is 99.1 Å². The zero-order valence-corrected chi connectivity index (χ0v) is 39.7. The van der Waals surface area contributed by atoms with E-state index in [0.717, 1.165) is 51.4 Å². The van der Waals surface area contributed by atoms with Gasteiger partial charge < -0.3 is 23.8 Å². The van der Waals surface area contributed by atoms with Crippen molar-refractivity contribution in [2.75, 3.05) is 41.0 Å². The third-order valence-electron chi connectivity index (χ3n) is 11.7. The van der Waals surface area contributed by atoms with Crippen LogP contribution in [0.25, 0.3) is 0 Å². The molecule has 2 atom stereocenters. The maximum atomic E-state index is 12.8. The van der Waals surface area contributed by atoms with Crippen LogP contribution < -0.4 is 0 Å². The van der Waals surface area contributed by atoms with Crippen LogP contribution in [-0.4, -0.2) is 80.6 Å². The Bertz CT molecular complexity index is 978. The fourth-order valence-electron chi connectivity index (χ4n) is 7.74. The van der Waals surface area contributed by atoms with Gasteiger partial charge in [-0.15, -0.1) is 0 Å². The Morgan fingerprint density at radius 1 is 0.492 bits per heavy atom. The van der Waals surface area contributed by atoms with E-state index in [1.807, 2.05) is 21.1 Å². The number of allylic oxidation sites excluding steroid dienone is 2. The second-order valence-corrected chi connectivity index (χ2v) is 18.4. The number of nitrogens with zero attached hydrogens (tertiary/aromatic N) is 1. The molecule has 0 heterocycles. The van der Waals surface area contributed by atoms with Crippen molar-refractivity contribution in [3.63, 3.8) is 0 Å². The molecule has 0 aromatic heterocycles. The van der Waals surface area contributed by atoms with E-state index in [4.69, 9.17) is 14.2 Å². The summed E-state index contributed by atoms with van der Waals surface area (Å²) in [6, 6.07) is -0.612. The lowest BCUT2D eigenvalue weighted by Crippen LogP contribution is -2.50. The maximum Gasteiger partial charge on any atom is 0.362 e. The lowest BCUT2D eigenvalue weighted by atomic mass is 10.0. The Kier molecular flexibility index (Phi) is 41.3. The molecule has 2 unspecified atom stereocenters. The van der Waals surface area contributed by atoms with Gasteiger partial charge in [-0.3, -0.25) is 9.59 Å². The number of ether oxygens (including phenoxy) is 3. The zero-order valence-electron chi connectivity index (χ0n) is 39.7. The summed E-state index contributed by atoms with van der Waals surface area (Å²) < 4.78 is 17.3. The second kappa shape index (κ2) is 42.7. The summed E-state index contributed by atoms with van der Waals surface area (Å²) in [7, 11) is 5.54. The summed E-state index contributed by atoms with van der Waals surface area (Å²) in [5.41, 5.74) is 0. The summed E-state index contributed by atoms with van der Waals surface area (Å²) in [5.74, 6) is -1.46. The third-order valence-corrected chi connectivity index (χ3v) is 11.7. The Morgan fingerprint density at radius 2 is 0.847 bits per heavy atom. The summed E-state index contributed by atoms with van der Waals surface area (Å²) in [5, 5.41) is 9.64. The maximum absolute atomic E-state index is 12.8. The van der Waals surface area contributed by atoms with Gasteiger partial charge in [0.15, 0.2) is 12.1 Å². The van der Waals surface area contributed by atoms with Crippen LogP contribution in [-0.2, 0) is 28.6 Å². The first-order valence-electron chi connectivity index (χ1n) is 25.2. The monoisotopic (exact) mass is 837 g/mol. The molecule has 348 valence electrons. The number of carboxylic acid groups (broad SMARTS) is 1. The van der Waals surface area contributed by atoms with Gasteiger partial charge in [0, 0.05) is 19.3 Å². The van der Waals surface area contributed by atoms with E-state index in [1.165, 1.54) is 161 Å². The molecule has 8 heteroatoms. The Balaban J connectivity index is 4.22. The van der Waals surface area contributed by atoms with Crippen molar-refractivity contribution < 1.29 is 38.2 Å². The number of rotatable bonds is 46. The van der Waals surface area contributed by atoms with Crippen LogP contribution in [0, 0.1) is 0 Å². The molecule has 0 amide bonds. The van der Waals surface area contributed by atoms with Crippen molar-refractivity contribution in [3.05, 3.63) is 12.2 Å². The standard InChI is InChI=1S/C51H97NO7/c1-6-8-10-12-14-16-18-20-22-24-25-26-28-29-31-33-35-37-39-41-49(53)58-46-47(45-57-44-43-48(51(55)56)52(3,4)5)59-50(54)42-40-38-36-34-32-30-27-23-21-19-17-15-13-11-9-7-2/h23,27,47-48H,6-22,24-26,28-46H2,1-5H3/p+1/b27-23-. The molecule has 0 bridgehead atoms. The number of likely N-dealkylation sites (N-methyl/N-ethyl adjacent to an activating group) is 1. The fourth-order valence-corrected chi connectivity index (χ4v) is 7.74. The average molecular weight is 837 g/mol. The molecule has 0 rings (SSSR count). The average Bonchev–Trinajstić information content (AvgIpc) is 3.19. The van der Waals surface area contributed by atoms with Gasteiger partial charge in [0.05, 0.1) is 34.4 Å². The fraction of sp³-hybridized carbons (Fsp3) is 0.902. The number of carboxylic acids is 1. The molecule has 0 aromatic rings. The molecule has 0 radical (unpaired) electrons. The van der Waals surface area contributed by atoms with Gasteiger partial charge in [0.25, 0.3) is 0 Å². The van der Waals surface area contributed by atoms with Gasteiger partial charge in [0.2, 0.25) is 0 Å². The molecule has 8 nitrogen and oxygen atoms in total. The van der Waals surface area contributed by atoms with Crippen molar-refractivity contribution in [1.82, 2.24) is 0 Å². The third kappa shape index (κ3) is 41.2. The molecule has 1 N–H and O–H groups in total. The molecule has 59 heavy (non-hydrogen) atoms. The minimum Gasteiger partial charge on any atom is -0.477 e.